The molecule has 1 amide bonds. The van der Waals surface area contributed by atoms with E-state index in [1.807, 2.05) is 0 Å². The van der Waals surface area contributed by atoms with Crippen molar-refractivity contribution in [3.63, 3.8) is 0 Å². The zero-order valence-electron chi connectivity index (χ0n) is 9.15. The molecule has 0 radical (unpaired) electrons. The summed E-state index contributed by atoms with van der Waals surface area (Å²) in [7, 11) is 0. The van der Waals surface area contributed by atoms with E-state index in [1.54, 1.807) is 36.4 Å². The van der Waals surface area contributed by atoms with Gasteiger partial charge in [-0.15, -0.1) is 0 Å². The molecule has 0 atom stereocenters. The fraction of sp³-hybridized carbons (Fsp3) is 0. The summed E-state index contributed by atoms with van der Waals surface area (Å²) in [6.07, 6.45) is 0. The predicted octanol–water partition coefficient (Wildman–Crippen LogP) is 3.95. The maximum atomic E-state index is 12.0. The molecular formula is C13H9Cl2NO2. The normalized spacial score (nSPS) is 10.1. The van der Waals surface area contributed by atoms with E-state index in [0.717, 1.165) is 0 Å². The molecule has 0 aliphatic heterocycles. The minimum Gasteiger partial charge on any atom is -0.506 e. The summed E-state index contributed by atoms with van der Waals surface area (Å²) in [5.74, 6) is -0.521. The molecule has 5 heteroatoms. The van der Waals surface area contributed by atoms with Crippen molar-refractivity contribution in [2.24, 2.45) is 0 Å². The van der Waals surface area contributed by atoms with E-state index in [0.29, 0.717) is 10.6 Å². The first-order valence-electron chi connectivity index (χ1n) is 5.13. The summed E-state index contributed by atoms with van der Waals surface area (Å²) >= 11 is 11.8. The third kappa shape index (κ3) is 2.58. The number of nitrogens with one attached hydrogen (secondary N) is 1. The molecule has 0 aliphatic rings. The van der Waals surface area contributed by atoms with E-state index in [9.17, 15) is 9.90 Å². The van der Waals surface area contributed by atoms with Crippen LogP contribution in [0.3, 0.4) is 0 Å². The molecule has 2 aromatic carbocycles. The maximum absolute atomic E-state index is 12.0. The van der Waals surface area contributed by atoms with Crippen LogP contribution in [-0.2, 0) is 0 Å². The Kier molecular flexibility index (Phi) is 3.75. The Labute approximate surface area is 114 Å². The zero-order chi connectivity index (χ0) is 13.1. The van der Waals surface area contributed by atoms with Crippen molar-refractivity contribution in [3.05, 3.63) is 58.1 Å². The van der Waals surface area contributed by atoms with Crippen LogP contribution in [0.1, 0.15) is 10.4 Å². The SMILES string of the molecule is O=C(Nc1c(O)cccc1Cl)c1ccccc1Cl. The highest BCUT2D eigenvalue weighted by molar-refractivity contribution is 6.36. The number of hydrogen-bond donors (Lipinski definition) is 2. The number of hydrogen-bond acceptors (Lipinski definition) is 2. The van der Waals surface area contributed by atoms with Crippen molar-refractivity contribution >= 4 is 34.8 Å². The van der Waals surface area contributed by atoms with Gasteiger partial charge in [0.25, 0.3) is 5.91 Å². The summed E-state index contributed by atoms with van der Waals surface area (Å²) in [6, 6.07) is 11.2. The third-order valence-electron chi connectivity index (χ3n) is 2.35. The van der Waals surface area contributed by atoms with Crippen LogP contribution in [0.15, 0.2) is 42.5 Å². The van der Waals surface area contributed by atoms with Crippen LogP contribution >= 0.6 is 23.2 Å². The number of para-hydroxylation sites is 1. The van der Waals surface area contributed by atoms with Gasteiger partial charge in [0.05, 0.1) is 15.6 Å². The Bertz CT molecular complexity index is 579. The molecule has 2 aromatic rings. The summed E-state index contributed by atoms with van der Waals surface area (Å²) in [6.45, 7) is 0. The lowest BCUT2D eigenvalue weighted by molar-refractivity contribution is 0.102. The third-order valence-corrected chi connectivity index (χ3v) is 2.99. The molecule has 0 aliphatic carbocycles. The van der Waals surface area contributed by atoms with Crippen molar-refractivity contribution < 1.29 is 9.90 Å². The lowest BCUT2D eigenvalue weighted by atomic mass is 10.2. The number of phenolic OH excluding ortho intramolecular Hbond substituents is 1. The summed E-state index contributed by atoms with van der Waals surface area (Å²) in [5.41, 5.74) is 0.488. The summed E-state index contributed by atoms with van der Waals surface area (Å²) in [5, 5.41) is 12.7. The highest BCUT2D eigenvalue weighted by Crippen LogP contribution is 2.31. The number of carbonyl (C=O) groups excluding carboxylic acids is 1. The Hall–Kier alpha value is -1.71. The number of aromatic hydroxyl groups is 1. The Morgan fingerprint density at radius 1 is 1.00 bits per heavy atom. The summed E-state index contributed by atoms with van der Waals surface area (Å²) in [4.78, 5) is 12.0. The first-order chi connectivity index (χ1) is 8.59. The molecule has 0 saturated heterocycles. The van der Waals surface area contributed by atoms with Crippen LogP contribution in [0.25, 0.3) is 0 Å². The van der Waals surface area contributed by atoms with Gasteiger partial charge in [0.1, 0.15) is 11.4 Å². The molecule has 0 spiro atoms. The standard InChI is InChI=1S/C13H9Cl2NO2/c14-9-5-2-1-4-8(9)13(18)16-12-10(15)6-3-7-11(12)17/h1-7,17H,(H,16,18). The second-order valence-electron chi connectivity index (χ2n) is 3.57. The van der Waals surface area contributed by atoms with Gasteiger partial charge in [-0.25, -0.2) is 0 Å². The molecule has 3 nitrogen and oxygen atoms in total. The van der Waals surface area contributed by atoms with Crippen LogP contribution in [0.4, 0.5) is 5.69 Å². The van der Waals surface area contributed by atoms with Gasteiger partial charge in [0.15, 0.2) is 0 Å². The summed E-state index contributed by atoms with van der Waals surface area (Å²) < 4.78 is 0. The number of benzene rings is 2. The smallest absolute Gasteiger partial charge is 0.257 e. The van der Waals surface area contributed by atoms with Crippen molar-refractivity contribution in [1.82, 2.24) is 0 Å². The number of rotatable bonds is 2. The van der Waals surface area contributed by atoms with E-state index in [1.165, 1.54) is 6.07 Å². The van der Waals surface area contributed by atoms with E-state index in [-0.39, 0.29) is 16.5 Å². The molecule has 92 valence electrons. The molecule has 0 aromatic heterocycles. The van der Waals surface area contributed by atoms with Gasteiger partial charge in [0, 0.05) is 0 Å². The van der Waals surface area contributed by atoms with E-state index < -0.39 is 5.91 Å². The first-order valence-corrected chi connectivity index (χ1v) is 5.88. The van der Waals surface area contributed by atoms with Gasteiger partial charge in [-0.3, -0.25) is 4.79 Å². The Balaban J connectivity index is 2.30. The topological polar surface area (TPSA) is 49.3 Å². The highest BCUT2D eigenvalue weighted by atomic mass is 35.5. The highest BCUT2D eigenvalue weighted by Gasteiger charge is 2.13. The molecule has 2 rings (SSSR count). The van der Waals surface area contributed by atoms with Crippen LogP contribution in [0, 0.1) is 0 Å². The molecule has 0 unspecified atom stereocenters. The second-order valence-corrected chi connectivity index (χ2v) is 4.38. The lowest BCUT2D eigenvalue weighted by Gasteiger charge is -2.09. The van der Waals surface area contributed by atoms with Gasteiger partial charge in [-0.2, -0.15) is 0 Å². The molecule has 2 N–H and O–H groups in total. The molecule has 0 saturated carbocycles. The number of anilines is 1. The molecule has 0 fully saturated rings. The van der Waals surface area contributed by atoms with Gasteiger partial charge in [0.2, 0.25) is 0 Å². The average Bonchev–Trinajstić information content (AvgIpc) is 2.34. The molecule has 0 heterocycles. The largest absolute Gasteiger partial charge is 0.506 e. The average molecular weight is 282 g/mol. The van der Waals surface area contributed by atoms with Crippen molar-refractivity contribution in [3.8, 4) is 5.75 Å². The molecule has 0 bridgehead atoms. The fourth-order valence-electron chi connectivity index (χ4n) is 1.46. The number of amides is 1. The van der Waals surface area contributed by atoms with Crippen LogP contribution < -0.4 is 5.32 Å². The monoisotopic (exact) mass is 281 g/mol. The fourth-order valence-corrected chi connectivity index (χ4v) is 1.90. The van der Waals surface area contributed by atoms with Crippen molar-refractivity contribution in [1.29, 1.82) is 0 Å². The molecular weight excluding hydrogens is 273 g/mol. The Morgan fingerprint density at radius 2 is 1.67 bits per heavy atom. The van der Waals surface area contributed by atoms with Crippen molar-refractivity contribution in [2.75, 3.05) is 5.32 Å². The zero-order valence-corrected chi connectivity index (χ0v) is 10.7. The molecule has 18 heavy (non-hydrogen) atoms. The van der Waals surface area contributed by atoms with Crippen molar-refractivity contribution in [2.45, 2.75) is 0 Å². The lowest BCUT2D eigenvalue weighted by Crippen LogP contribution is -2.12. The van der Waals surface area contributed by atoms with Gasteiger partial charge >= 0.3 is 0 Å². The van der Waals surface area contributed by atoms with Crippen LogP contribution in [0.2, 0.25) is 10.0 Å². The maximum Gasteiger partial charge on any atom is 0.257 e. The van der Waals surface area contributed by atoms with Crippen LogP contribution in [-0.4, -0.2) is 11.0 Å². The first kappa shape index (κ1) is 12.7. The van der Waals surface area contributed by atoms with E-state index in [4.69, 9.17) is 23.2 Å². The minimum absolute atomic E-state index is 0.0945. The second kappa shape index (κ2) is 5.29. The quantitative estimate of drug-likeness (QED) is 0.819. The van der Waals surface area contributed by atoms with E-state index >= 15 is 0 Å². The van der Waals surface area contributed by atoms with Gasteiger partial charge in [-0.05, 0) is 24.3 Å². The number of halogens is 2. The number of phenols is 1. The Morgan fingerprint density at radius 3 is 2.33 bits per heavy atom. The van der Waals surface area contributed by atoms with Gasteiger partial charge < -0.3 is 10.4 Å². The predicted molar refractivity (Wildman–Crippen MR) is 72.5 cm³/mol. The minimum atomic E-state index is -0.427. The van der Waals surface area contributed by atoms with Gasteiger partial charge in [-0.1, -0.05) is 41.4 Å². The number of carbonyl (C=O) groups is 1. The van der Waals surface area contributed by atoms with Crippen LogP contribution in [0.5, 0.6) is 5.75 Å². The van der Waals surface area contributed by atoms with E-state index in [2.05, 4.69) is 5.32 Å².